The van der Waals surface area contributed by atoms with Crippen LogP contribution in [0, 0.1) is 0 Å². The summed E-state index contributed by atoms with van der Waals surface area (Å²) in [6.07, 6.45) is 0. The molecule has 1 aliphatic heterocycles. The van der Waals surface area contributed by atoms with Gasteiger partial charge in [-0.15, -0.1) is 0 Å². The standard InChI is InChI=1S/C7H15N3/c1-3-10-7(6(2)8)4-9-5-7/h9-10H,2-5,8H2,1H3. The van der Waals surface area contributed by atoms with Gasteiger partial charge in [-0.1, -0.05) is 13.5 Å². The van der Waals surface area contributed by atoms with Crippen LogP contribution in [-0.2, 0) is 0 Å². The zero-order valence-electron chi connectivity index (χ0n) is 6.41. The van der Waals surface area contributed by atoms with Gasteiger partial charge in [-0.25, -0.2) is 0 Å². The van der Waals surface area contributed by atoms with Gasteiger partial charge < -0.3 is 16.4 Å². The van der Waals surface area contributed by atoms with Crippen molar-refractivity contribution in [3.63, 3.8) is 0 Å². The average molecular weight is 141 g/mol. The van der Waals surface area contributed by atoms with E-state index in [1.165, 1.54) is 0 Å². The van der Waals surface area contributed by atoms with Crippen molar-refractivity contribution in [3.8, 4) is 0 Å². The molecule has 1 saturated heterocycles. The Labute approximate surface area is 61.7 Å². The largest absolute Gasteiger partial charge is 0.401 e. The molecule has 10 heavy (non-hydrogen) atoms. The molecule has 0 unspecified atom stereocenters. The van der Waals surface area contributed by atoms with Crippen molar-refractivity contribution in [2.75, 3.05) is 19.6 Å². The van der Waals surface area contributed by atoms with Crippen LogP contribution in [0.25, 0.3) is 0 Å². The minimum atomic E-state index is -0.00521. The maximum atomic E-state index is 5.62. The third kappa shape index (κ3) is 1.02. The lowest BCUT2D eigenvalue weighted by Crippen LogP contribution is -2.69. The van der Waals surface area contributed by atoms with Crippen molar-refractivity contribution in [1.82, 2.24) is 10.6 Å². The number of hydrogen-bond donors (Lipinski definition) is 3. The van der Waals surface area contributed by atoms with Crippen LogP contribution in [0.5, 0.6) is 0 Å². The SMILES string of the molecule is C=C(N)C1(NCC)CNC1. The van der Waals surface area contributed by atoms with Gasteiger partial charge in [-0.05, 0) is 6.54 Å². The Morgan fingerprint density at radius 3 is 2.50 bits per heavy atom. The molecule has 1 fully saturated rings. The summed E-state index contributed by atoms with van der Waals surface area (Å²) >= 11 is 0. The van der Waals surface area contributed by atoms with E-state index in [9.17, 15) is 0 Å². The molecular formula is C7H15N3. The van der Waals surface area contributed by atoms with Crippen molar-refractivity contribution in [1.29, 1.82) is 0 Å². The molecule has 0 spiro atoms. The Hall–Kier alpha value is -0.540. The number of likely N-dealkylation sites (N-methyl/N-ethyl adjacent to an activating group) is 1. The summed E-state index contributed by atoms with van der Waals surface area (Å²) in [7, 11) is 0. The van der Waals surface area contributed by atoms with Crippen molar-refractivity contribution < 1.29 is 0 Å². The van der Waals surface area contributed by atoms with Crippen molar-refractivity contribution in [2.45, 2.75) is 12.5 Å². The van der Waals surface area contributed by atoms with E-state index in [0.717, 1.165) is 25.3 Å². The smallest absolute Gasteiger partial charge is 0.0826 e. The summed E-state index contributed by atoms with van der Waals surface area (Å²) in [6, 6.07) is 0. The van der Waals surface area contributed by atoms with Crippen molar-refractivity contribution in [2.24, 2.45) is 5.73 Å². The lowest BCUT2D eigenvalue weighted by atomic mass is 9.89. The lowest BCUT2D eigenvalue weighted by molar-refractivity contribution is 0.262. The number of hydrogen-bond acceptors (Lipinski definition) is 3. The minimum Gasteiger partial charge on any atom is -0.401 e. The minimum absolute atomic E-state index is 0.00521. The molecule has 0 aromatic carbocycles. The van der Waals surface area contributed by atoms with Gasteiger partial charge in [0, 0.05) is 18.8 Å². The van der Waals surface area contributed by atoms with Gasteiger partial charge in [0.15, 0.2) is 0 Å². The number of nitrogens with two attached hydrogens (primary N) is 1. The Balaban J connectivity index is 2.50. The van der Waals surface area contributed by atoms with E-state index in [1.54, 1.807) is 0 Å². The average Bonchev–Trinajstić information content (AvgIpc) is 1.77. The molecule has 0 saturated carbocycles. The highest BCUT2D eigenvalue weighted by atomic mass is 15.2. The lowest BCUT2D eigenvalue weighted by Gasteiger charge is -2.43. The Kier molecular flexibility index (Phi) is 1.97. The highest BCUT2D eigenvalue weighted by Gasteiger charge is 2.37. The number of nitrogens with one attached hydrogen (secondary N) is 2. The van der Waals surface area contributed by atoms with Gasteiger partial charge in [-0.2, -0.15) is 0 Å². The van der Waals surface area contributed by atoms with E-state index in [2.05, 4.69) is 24.1 Å². The van der Waals surface area contributed by atoms with Crippen LogP contribution in [-0.4, -0.2) is 25.2 Å². The van der Waals surface area contributed by atoms with E-state index in [4.69, 9.17) is 5.73 Å². The van der Waals surface area contributed by atoms with Gasteiger partial charge in [0.1, 0.15) is 0 Å². The summed E-state index contributed by atoms with van der Waals surface area (Å²) < 4.78 is 0. The highest BCUT2D eigenvalue weighted by molar-refractivity contribution is 5.20. The highest BCUT2D eigenvalue weighted by Crippen LogP contribution is 2.15. The fourth-order valence-electron chi connectivity index (χ4n) is 1.18. The molecule has 3 nitrogen and oxygen atoms in total. The molecular weight excluding hydrogens is 126 g/mol. The topological polar surface area (TPSA) is 50.1 Å². The number of rotatable bonds is 3. The first kappa shape index (κ1) is 7.57. The second-order valence-electron chi connectivity index (χ2n) is 2.74. The molecule has 0 amide bonds. The summed E-state index contributed by atoms with van der Waals surface area (Å²) in [6.45, 7) is 8.58. The molecule has 0 atom stereocenters. The third-order valence-electron chi connectivity index (χ3n) is 1.98. The monoisotopic (exact) mass is 141 g/mol. The second-order valence-corrected chi connectivity index (χ2v) is 2.74. The van der Waals surface area contributed by atoms with Crippen LogP contribution in [0.3, 0.4) is 0 Å². The van der Waals surface area contributed by atoms with E-state index >= 15 is 0 Å². The molecule has 0 radical (unpaired) electrons. The van der Waals surface area contributed by atoms with Crippen LogP contribution >= 0.6 is 0 Å². The first-order valence-corrected chi connectivity index (χ1v) is 3.62. The summed E-state index contributed by atoms with van der Waals surface area (Å²) in [5.74, 6) is 0. The Morgan fingerprint density at radius 1 is 1.80 bits per heavy atom. The summed E-state index contributed by atoms with van der Waals surface area (Å²) in [5, 5.41) is 6.47. The molecule has 0 aliphatic carbocycles. The van der Waals surface area contributed by atoms with Gasteiger partial charge >= 0.3 is 0 Å². The second kappa shape index (κ2) is 2.60. The van der Waals surface area contributed by atoms with Crippen molar-refractivity contribution in [3.05, 3.63) is 12.3 Å². The van der Waals surface area contributed by atoms with E-state index in [-0.39, 0.29) is 5.54 Å². The van der Waals surface area contributed by atoms with Gasteiger partial charge in [-0.3, -0.25) is 0 Å². The maximum Gasteiger partial charge on any atom is 0.0826 e. The molecule has 1 heterocycles. The van der Waals surface area contributed by atoms with Crippen LogP contribution in [0.4, 0.5) is 0 Å². The molecule has 0 aromatic rings. The quantitative estimate of drug-likeness (QED) is 0.492. The van der Waals surface area contributed by atoms with E-state index in [1.807, 2.05) is 0 Å². The Bertz CT molecular complexity index is 138. The Morgan fingerprint density at radius 2 is 2.40 bits per heavy atom. The van der Waals surface area contributed by atoms with Gasteiger partial charge in [0.05, 0.1) is 5.54 Å². The predicted molar refractivity (Wildman–Crippen MR) is 42.6 cm³/mol. The summed E-state index contributed by atoms with van der Waals surface area (Å²) in [4.78, 5) is 0. The third-order valence-corrected chi connectivity index (χ3v) is 1.98. The normalized spacial score (nSPS) is 21.7. The molecule has 0 bridgehead atoms. The fourth-order valence-corrected chi connectivity index (χ4v) is 1.18. The maximum absolute atomic E-state index is 5.62. The van der Waals surface area contributed by atoms with E-state index in [0.29, 0.717) is 0 Å². The van der Waals surface area contributed by atoms with Crippen LogP contribution in [0.2, 0.25) is 0 Å². The van der Waals surface area contributed by atoms with Gasteiger partial charge in [0.2, 0.25) is 0 Å². The van der Waals surface area contributed by atoms with Gasteiger partial charge in [0.25, 0.3) is 0 Å². The molecule has 0 aromatic heterocycles. The zero-order chi connectivity index (χ0) is 7.61. The molecule has 1 aliphatic rings. The van der Waals surface area contributed by atoms with Crippen LogP contribution < -0.4 is 16.4 Å². The molecule has 1 rings (SSSR count). The van der Waals surface area contributed by atoms with Crippen molar-refractivity contribution >= 4 is 0 Å². The predicted octanol–water partition coefficient (Wildman–Crippen LogP) is -0.590. The zero-order valence-corrected chi connectivity index (χ0v) is 6.41. The molecule has 3 heteroatoms. The first-order chi connectivity index (χ1) is 4.71. The first-order valence-electron chi connectivity index (χ1n) is 3.62. The van der Waals surface area contributed by atoms with Crippen LogP contribution in [0.15, 0.2) is 12.3 Å². The van der Waals surface area contributed by atoms with E-state index < -0.39 is 0 Å². The molecule has 4 N–H and O–H groups in total. The van der Waals surface area contributed by atoms with Crippen LogP contribution in [0.1, 0.15) is 6.92 Å². The molecule has 58 valence electrons. The summed E-state index contributed by atoms with van der Waals surface area (Å²) in [5.41, 5.74) is 6.36. The fraction of sp³-hybridized carbons (Fsp3) is 0.714.